The molecule has 0 unspecified atom stereocenters. The van der Waals surface area contributed by atoms with Crippen molar-refractivity contribution in [2.24, 2.45) is 5.11 Å². The van der Waals surface area contributed by atoms with Crippen LogP contribution in [0.1, 0.15) is 21.5 Å². The summed E-state index contributed by atoms with van der Waals surface area (Å²) in [7, 11) is 0. The van der Waals surface area contributed by atoms with Crippen LogP contribution in [-0.2, 0) is 6.54 Å². The Balaban J connectivity index is 3.24. The van der Waals surface area contributed by atoms with Crippen molar-refractivity contribution in [2.75, 3.05) is 0 Å². The number of rotatable bonds is 3. The highest BCUT2D eigenvalue weighted by molar-refractivity contribution is 14.1. The quantitative estimate of drug-likeness (QED) is 0.402. The number of carbonyl (C=O) groups is 1. The highest BCUT2D eigenvalue weighted by Gasteiger charge is 2.09. The molecule has 0 saturated heterocycles. The number of carboxylic acids is 1. The van der Waals surface area contributed by atoms with Crippen LogP contribution in [0.4, 0.5) is 0 Å². The Hall–Kier alpha value is -1.27. The van der Waals surface area contributed by atoms with Crippen molar-refractivity contribution < 1.29 is 9.90 Å². The number of aromatic carboxylic acids is 1. The number of azide groups is 1. The largest absolute Gasteiger partial charge is 0.478 e. The van der Waals surface area contributed by atoms with Gasteiger partial charge in [-0.1, -0.05) is 5.11 Å². The average molecular weight is 317 g/mol. The van der Waals surface area contributed by atoms with Crippen molar-refractivity contribution in [3.8, 4) is 0 Å². The summed E-state index contributed by atoms with van der Waals surface area (Å²) in [4.78, 5) is 13.4. The molecule has 1 aromatic carbocycles. The molecule has 6 heteroatoms. The summed E-state index contributed by atoms with van der Waals surface area (Å²) in [6.45, 7) is 2.05. The second-order valence-electron chi connectivity index (χ2n) is 2.94. The third kappa shape index (κ3) is 2.84. The predicted molar refractivity (Wildman–Crippen MR) is 63.7 cm³/mol. The molecule has 0 aliphatic heterocycles. The Labute approximate surface area is 99.9 Å². The average Bonchev–Trinajstić information content (AvgIpc) is 2.19. The summed E-state index contributed by atoms with van der Waals surface area (Å²) in [6.07, 6.45) is 0. The van der Waals surface area contributed by atoms with E-state index in [4.69, 9.17) is 10.6 Å². The molecule has 1 aromatic rings. The fourth-order valence-corrected chi connectivity index (χ4v) is 1.81. The Morgan fingerprint density at radius 1 is 1.67 bits per heavy atom. The lowest BCUT2D eigenvalue weighted by Crippen LogP contribution is -2.01. The third-order valence-corrected chi connectivity index (χ3v) is 3.12. The van der Waals surface area contributed by atoms with Crippen LogP contribution < -0.4 is 0 Å². The second-order valence-corrected chi connectivity index (χ2v) is 4.10. The first kappa shape index (κ1) is 11.8. The molecule has 0 aliphatic carbocycles. The SMILES string of the molecule is Cc1c(I)cc(C(=O)O)cc1CN=[N+]=[N-]. The highest BCUT2D eigenvalue weighted by Crippen LogP contribution is 2.19. The topological polar surface area (TPSA) is 86.1 Å². The first-order valence-electron chi connectivity index (χ1n) is 4.09. The molecule has 15 heavy (non-hydrogen) atoms. The molecule has 0 atom stereocenters. The van der Waals surface area contributed by atoms with E-state index in [2.05, 4.69) is 32.6 Å². The maximum Gasteiger partial charge on any atom is 0.335 e. The van der Waals surface area contributed by atoms with E-state index in [-0.39, 0.29) is 12.1 Å². The third-order valence-electron chi connectivity index (χ3n) is 2.00. The van der Waals surface area contributed by atoms with Crippen LogP contribution in [0.25, 0.3) is 10.4 Å². The molecular weight excluding hydrogens is 309 g/mol. The second kappa shape index (κ2) is 4.99. The molecular formula is C9H8IN3O2. The van der Waals surface area contributed by atoms with Gasteiger partial charge in [-0.2, -0.15) is 0 Å². The lowest BCUT2D eigenvalue weighted by Gasteiger charge is -2.06. The lowest BCUT2D eigenvalue weighted by atomic mass is 10.1. The first-order chi connectivity index (χ1) is 7.06. The van der Waals surface area contributed by atoms with Crippen LogP contribution in [0.15, 0.2) is 17.2 Å². The van der Waals surface area contributed by atoms with Gasteiger partial charge in [0, 0.05) is 8.48 Å². The molecule has 1 N–H and O–H groups in total. The number of hydrogen-bond donors (Lipinski definition) is 1. The van der Waals surface area contributed by atoms with Crippen molar-refractivity contribution in [1.82, 2.24) is 0 Å². The van der Waals surface area contributed by atoms with Gasteiger partial charge in [0.05, 0.1) is 12.1 Å². The summed E-state index contributed by atoms with van der Waals surface area (Å²) >= 11 is 2.06. The van der Waals surface area contributed by atoms with Gasteiger partial charge in [-0.3, -0.25) is 0 Å². The molecule has 0 bridgehead atoms. The zero-order valence-corrected chi connectivity index (χ0v) is 10.1. The number of benzene rings is 1. The Morgan fingerprint density at radius 2 is 2.33 bits per heavy atom. The smallest absolute Gasteiger partial charge is 0.335 e. The molecule has 0 heterocycles. The Morgan fingerprint density at radius 3 is 2.87 bits per heavy atom. The van der Waals surface area contributed by atoms with Crippen LogP contribution >= 0.6 is 22.6 Å². The van der Waals surface area contributed by atoms with Gasteiger partial charge in [0.15, 0.2) is 0 Å². The minimum atomic E-state index is -0.977. The standard InChI is InChI=1S/C9H8IN3O2/c1-5-7(4-12-13-11)2-6(9(14)15)3-8(5)10/h2-3H,4H2,1H3,(H,14,15). The molecule has 1 rings (SSSR count). The molecule has 0 saturated carbocycles. The van der Waals surface area contributed by atoms with Gasteiger partial charge in [-0.25, -0.2) is 4.79 Å². The van der Waals surface area contributed by atoms with E-state index in [1.54, 1.807) is 6.07 Å². The van der Waals surface area contributed by atoms with E-state index in [9.17, 15) is 4.79 Å². The summed E-state index contributed by atoms with van der Waals surface area (Å²) in [6, 6.07) is 3.13. The van der Waals surface area contributed by atoms with Gasteiger partial charge in [-0.05, 0) is 58.3 Å². The van der Waals surface area contributed by atoms with Crippen LogP contribution in [0.5, 0.6) is 0 Å². The molecule has 0 aliphatic rings. The lowest BCUT2D eigenvalue weighted by molar-refractivity contribution is 0.0696. The molecule has 78 valence electrons. The van der Waals surface area contributed by atoms with Crippen LogP contribution in [0.3, 0.4) is 0 Å². The maximum absolute atomic E-state index is 10.8. The van der Waals surface area contributed by atoms with Gasteiger partial charge >= 0.3 is 5.97 Å². The normalized spacial score (nSPS) is 9.47. The van der Waals surface area contributed by atoms with E-state index in [1.807, 2.05) is 6.92 Å². The molecule has 5 nitrogen and oxygen atoms in total. The van der Waals surface area contributed by atoms with Crippen LogP contribution in [0.2, 0.25) is 0 Å². The minimum Gasteiger partial charge on any atom is -0.478 e. The van der Waals surface area contributed by atoms with Gasteiger partial charge in [0.2, 0.25) is 0 Å². The Kier molecular flexibility index (Phi) is 3.93. The predicted octanol–water partition coefficient (Wildman–Crippen LogP) is 3.11. The van der Waals surface area contributed by atoms with Crippen molar-refractivity contribution >= 4 is 28.6 Å². The zero-order chi connectivity index (χ0) is 11.4. The van der Waals surface area contributed by atoms with Crippen molar-refractivity contribution in [3.63, 3.8) is 0 Å². The zero-order valence-electron chi connectivity index (χ0n) is 7.94. The van der Waals surface area contributed by atoms with Crippen LogP contribution in [0, 0.1) is 10.5 Å². The fraction of sp³-hybridized carbons (Fsp3) is 0.222. The summed E-state index contributed by atoms with van der Waals surface area (Å²) in [5.41, 5.74) is 10.1. The van der Waals surface area contributed by atoms with Gasteiger partial charge < -0.3 is 5.11 Å². The van der Waals surface area contributed by atoms with E-state index >= 15 is 0 Å². The number of halogens is 1. The summed E-state index contributed by atoms with van der Waals surface area (Å²) < 4.78 is 0.857. The number of nitrogens with zero attached hydrogens (tertiary/aromatic N) is 3. The van der Waals surface area contributed by atoms with Gasteiger partial charge in [-0.15, -0.1) is 0 Å². The Bertz CT molecular complexity index is 453. The number of carboxylic acid groups (broad SMARTS) is 1. The van der Waals surface area contributed by atoms with Crippen LogP contribution in [-0.4, -0.2) is 11.1 Å². The van der Waals surface area contributed by atoms with E-state index in [0.29, 0.717) is 0 Å². The van der Waals surface area contributed by atoms with E-state index < -0.39 is 5.97 Å². The molecule has 0 radical (unpaired) electrons. The minimum absolute atomic E-state index is 0.180. The van der Waals surface area contributed by atoms with Crippen molar-refractivity contribution in [2.45, 2.75) is 13.5 Å². The molecule has 0 aromatic heterocycles. The first-order valence-corrected chi connectivity index (χ1v) is 5.17. The van der Waals surface area contributed by atoms with Gasteiger partial charge in [0.1, 0.15) is 0 Å². The van der Waals surface area contributed by atoms with Gasteiger partial charge in [0.25, 0.3) is 0 Å². The molecule has 0 spiro atoms. The fourth-order valence-electron chi connectivity index (χ4n) is 1.13. The maximum atomic E-state index is 10.8. The molecule has 0 fully saturated rings. The van der Waals surface area contributed by atoms with Crippen molar-refractivity contribution in [1.29, 1.82) is 0 Å². The molecule has 0 amide bonds. The van der Waals surface area contributed by atoms with Crippen molar-refractivity contribution in [3.05, 3.63) is 42.8 Å². The highest BCUT2D eigenvalue weighted by atomic mass is 127. The summed E-state index contributed by atoms with van der Waals surface area (Å²) in [5.74, 6) is -0.977. The number of hydrogen-bond acceptors (Lipinski definition) is 2. The van der Waals surface area contributed by atoms with E-state index in [0.717, 1.165) is 14.7 Å². The van der Waals surface area contributed by atoms with E-state index in [1.165, 1.54) is 6.07 Å². The summed E-state index contributed by atoms with van der Waals surface area (Å²) in [5, 5.41) is 12.3. The monoisotopic (exact) mass is 317 g/mol.